The molecule has 2 amide bonds. The van der Waals surface area contributed by atoms with Crippen LogP contribution in [0.3, 0.4) is 0 Å². The molecule has 1 aromatic rings. The van der Waals surface area contributed by atoms with Crippen LogP contribution < -0.4 is 10.6 Å². The summed E-state index contributed by atoms with van der Waals surface area (Å²) in [5.41, 5.74) is -0.169. The van der Waals surface area contributed by atoms with Gasteiger partial charge in [-0.3, -0.25) is 0 Å². The number of hydrogen-bond acceptors (Lipinski definition) is 2. The van der Waals surface area contributed by atoms with E-state index in [0.29, 0.717) is 13.2 Å². The topological polar surface area (TPSA) is 50.4 Å². The van der Waals surface area contributed by atoms with Gasteiger partial charge >= 0.3 is 6.03 Å². The van der Waals surface area contributed by atoms with Crippen LogP contribution in [0.4, 0.5) is 19.3 Å². The molecule has 4 nitrogen and oxygen atoms in total. The van der Waals surface area contributed by atoms with Crippen molar-refractivity contribution in [2.24, 2.45) is 5.92 Å². The lowest BCUT2D eigenvalue weighted by Crippen LogP contribution is -2.36. The Morgan fingerprint density at radius 1 is 1.42 bits per heavy atom. The van der Waals surface area contributed by atoms with E-state index >= 15 is 0 Å². The highest BCUT2D eigenvalue weighted by molar-refractivity contribution is 5.89. The van der Waals surface area contributed by atoms with Crippen molar-refractivity contribution in [2.45, 2.75) is 12.8 Å². The van der Waals surface area contributed by atoms with Gasteiger partial charge in [0, 0.05) is 13.2 Å². The van der Waals surface area contributed by atoms with Gasteiger partial charge in [0.1, 0.15) is 0 Å². The zero-order valence-electron chi connectivity index (χ0n) is 10.4. The third-order valence-corrected chi connectivity index (χ3v) is 3.01. The van der Waals surface area contributed by atoms with E-state index in [-0.39, 0.29) is 11.6 Å². The number of amides is 2. The molecule has 1 saturated heterocycles. The molecule has 0 aromatic heterocycles. The Bertz CT molecular complexity index is 448. The molecule has 0 bridgehead atoms. The molecule has 2 rings (SSSR count). The van der Waals surface area contributed by atoms with Gasteiger partial charge in [0.25, 0.3) is 0 Å². The Balaban J connectivity index is 1.82. The lowest BCUT2D eigenvalue weighted by molar-refractivity contribution is 0.0559. The maximum absolute atomic E-state index is 13.3. The number of ether oxygens (including phenoxy) is 1. The first-order valence-electron chi connectivity index (χ1n) is 6.23. The zero-order chi connectivity index (χ0) is 13.7. The molecule has 2 N–H and O–H groups in total. The van der Waals surface area contributed by atoms with Crippen molar-refractivity contribution < 1.29 is 18.3 Å². The van der Waals surface area contributed by atoms with Crippen molar-refractivity contribution in [1.29, 1.82) is 0 Å². The third kappa shape index (κ3) is 3.89. The van der Waals surface area contributed by atoms with E-state index in [9.17, 15) is 13.6 Å². The fourth-order valence-corrected chi connectivity index (χ4v) is 1.97. The molecule has 1 heterocycles. The molecular formula is C13H16F2N2O2. The van der Waals surface area contributed by atoms with Gasteiger partial charge in [-0.05, 0) is 30.9 Å². The molecule has 19 heavy (non-hydrogen) atoms. The number of halogens is 2. The first kappa shape index (κ1) is 13.7. The predicted molar refractivity (Wildman–Crippen MR) is 66.9 cm³/mol. The summed E-state index contributed by atoms with van der Waals surface area (Å²) >= 11 is 0. The zero-order valence-corrected chi connectivity index (χ0v) is 10.4. The SMILES string of the molecule is O=C(NCC1CCCOC1)Nc1cccc(F)c1F. The second-order valence-electron chi connectivity index (χ2n) is 4.52. The second-order valence-corrected chi connectivity index (χ2v) is 4.52. The summed E-state index contributed by atoms with van der Waals surface area (Å²) in [7, 11) is 0. The first-order valence-corrected chi connectivity index (χ1v) is 6.23. The second kappa shape index (κ2) is 6.47. The molecule has 104 valence electrons. The molecule has 0 aliphatic carbocycles. The molecule has 1 aliphatic heterocycles. The normalized spacial score (nSPS) is 18.9. The van der Waals surface area contributed by atoms with Crippen molar-refractivity contribution >= 4 is 11.7 Å². The van der Waals surface area contributed by atoms with Crippen LogP contribution in [-0.2, 0) is 4.74 Å². The maximum Gasteiger partial charge on any atom is 0.319 e. The predicted octanol–water partition coefficient (Wildman–Crippen LogP) is 2.51. The van der Waals surface area contributed by atoms with Crippen LogP contribution in [-0.4, -0.2) is 25.8 Å². The number of carbonyl (C=O) groups excluding carboxylic acids is 1. The lowest BCUT2D eigenvalue weighted by Gasteiger charge is -2.22. The standard InChI is InChI=1S/C13H16F2N2O2/c14-10-4-1-5-11(12(10)15)17-13(18)16-7-9-3-2-6-19-8-9/h1,4-5,9H,2-3,6-8H2,(H2,16,17,18). The average Bonchev–Trinajstić information content (AvgIpc) is 2.43. The van der Waals surface area contributed by atoms with Crippen LogP contribution in [0, 0.1) is 17.6 Å². The van der Waals surface area contributed by atoms with Crippen LogP contribution in [0.2, 0.25) is 0 Å². The van der Waals surface area contributed by atoms with Gasteiger partial charge in [0.05, 0.1) is 12.3 Å². The van der Waals surface area contributed by atoms with Crippen LogP contribution in [0.15, 0.2) is 18.2 Å². The summed E-state index contributed by atoms with van der Waals surface area (Å²) in [6.45, 7) is 1.84. The minimum Gasteiger partial charge on any atom is -0.381 e. The molecular weight excluding hydrogens is 254 g/mol. The van der Waals surface area contributed by atoms with Crippen molar-refractivity contribution in [3.63, 3.8) is 0 Å². The van der Waals surface area contributed by atoms with E-state index in [1.165, 1.54) is 12.1 Å². The van der Waals surface area contributed by atoms with Gasteiger partial charge in [-0.15, -0.1) is 0 Å². The average molecular weight is 270 g/mol. The minimum atomic E-state index is -1.06. The van der Waals surface area contributed by atoms with Crippen LogP contribution in [0.5, 0.6) is 0 Å². The Labute approximate surface area is 110 Å². The van der Waals surface area contributed by atoms with Gasteiger partial charge in [0.15, 0.2) is 11.6 Å². The summed E-state index contributed by atoms with van der Waals surface area (Å²) in [5, 5.41) is 4.91. The summed E-state index contributed by atoms with van der Waals surface area (Å²) in [6.07, 6.45) is 1.97. The van der Waals surface area contributed by atoms with Crippen LogP contribution >= 0.6 is 0 Å². The number of benzene rings is 1. The summed E-state index contributed by atoms with van der Waals surface area (Å²) < 4.78 is 31.5. The Kier molecular flexibility index (Phi) is 4.68. The monoisotopic (exact) mass is 270 g/mol. The van der Waals surface area contributed by atoms with Crippen molar-refractivity contribution in [2.75, 3.05) is 25.1 Å². The molecule has 1 aromatic carbocycles. The Morgan fingerprint density at radius 3 is 3.00 bits per heavy atom. The van der Waals surface area contributed by atoms with E-state index in [2.05, 4.69) is 10.6 Å². The number of hydrogen-bond donors (Lipinski definition) is 2. The fraction of sp³-hybridized carbons (Fsp3) is 0.462. The van der Waals surface area contributed by atoms with E-state index < -0.39 is 17.7 Å². The van der Waals surface area contributed by atoms with Crippen LogP contribution in [0.1, 0.15) is 12.8 Å². The number of rotatable bonds is 3. The molecule has 6 heteroatoms. The summed E-state index contributed by atoms with van der Waals surface area (Å²) in [4.78, 5) is 11.6. The maximum atomic E-state index is 13.3. The lowest BCUT2D eigenvalue weighted by atomic mass is 10.0. The molecule has 0 saturated carbocycles. The van der Waals surface area contributed by atoms with E-state index in [0.717, 1.165) is 25.5 Å². The highest BCUT2D eigenvalue weighted by atomic mass is 19.2. The molecule has 0 radical (unpaired) electrons. The molecule has 1 aliphatic rings. The number of nitrogens with one attached hydrogen (secondary N) is 2. The largest absolute Gasteiger partial charge is 0.381 e. The fourth-order valence-electron chi connectivity index (χ4n) is 1.97. The Morgan fingerprint density at radius 2 is 2.26 bits per heavy atom. The smallest absolute Gasteiger partial charge is 0.319 e. The Hall–Kier alpha value is -1.69. The van der Waals surface area contributed by atoms with Crippen molar-refractivity contribution in [3.05, 3.63) is 29.8 Å². The van der Waals surface area contributed by atoms with E-state index in [4.69, 9.17) is 4.74 Å². The minimum absolute atomic E-state index is 0.169. The highest BCUT2D eigenvalue weighted by Crippen LogP contribution is 2.16. The van der Waals surface area contributed by atoms with E-state index in [1.54, 1.807) is 0 Å². The van der Waals surface area contributed by atoms with E-state index in [1.807, 2.05) is 0 Å². The first-order chi connectivity index (χ1) is 9.16. The molecule has 1 unspecified atom stereocenters. The molecule has 1 fully saturated rings. The third-order valence-electron chi connectivity index (χ3n) is 3.01. The van der Waals surface area contributed by atoms with Crippen molar-refractivity contribution in [1.82, 2.24) is 5.32 Å². The number of anilines is 1. The molecule has 1 atom stereocenters. The number of carbonyl (C=O) groups is 1. The van der Waals surface area contributed by atoms with Gasteiger partial charge < -0.3 is 15.4 Å². The van der Waals surface area contributed by atoms with Crippen LogP contribution in [0.25, 0.3) is 0 Å². The summed E-state index contributed by atoms with van der Waals surface area (Å²) in [6, 6.07) is 3.10. The van der Waals surface area contributed by atoms with Gasteiger partial charge in [-0.2, -0.15) is 0 Å². The summed E-state index contributed by atoms with van der Waals surface area (Å²) in [5.74, 6) is -1.77. The van der Waals surface area contributed by atoms with Gasteiger partial charge in [-0.25, -0.2) is 13.6 Å². The highest BCUT2D eigenvalue weighted by Gasteiger charge is 2.15. The van der Waals surface area contributed by atoms with Gasteiger partial charge in [0.2, 0.25) is 0 Å². The molecule has 0 spiro atoms. The number of urea groups is 1. The quantitative estimate of drug-likeness (QED) is 0.886. The van der Waals surface area contributed by atoms with Gasteiger partial charge in [-0.1, -0.05) is 6.07 Å². The van der Waals surface area contributed by atoms with Crippen molar-refractivity contribution in [3.8, 4) is 0 Å².